The van der Waals surface area contributed by atoms with Crippen LogP contribution in [-0.4, -0.2) is 125 Å². The third kappa shape index (κ3) is 9.21. The van der Waals surface area contributed by atoms with Gasteiger partial charge in [0.1, 0.15) is 24.8 Å². The molecule has 0 unspecified atom stereocenters. The SMILES string of the molecule is COc1cc(N2CCC(C(=O)N3CCN(c4ccc5c(c4)C(=O)N([C@@H]4CCC(=O)NC4=O)C5=O)CC3)CC2)c(-c2cnn(C)c2)cc1Nc1ncc(Br)c(Nc2ccc(C3CC3)cc2P(C)(C)=O)n1. The van der Waals surface area contributed by atoms with Gasteiger partial charge in [0.2, 0.25) is 23.7 Å². The molecule has 6 heterocycles. The number of hydrogen-bond acceptors (Lipinski definition) is 14. The van der Waals surface area contributed by atoms with Crippen molar-refractivity contribution in [3.63, 3.8) is 0 Å². The van der Waals surface area contributed by atoms with E-state index >= 15 is 0 Å². The number of nitrogens with one attached hydrogen (secondary N) is 3. The van der Waals surface area contributed by atoms with Crippen LogP contribution in [0.3, 0.4) is 0 Å². The molecule has 5 amide bonds. The van der Waals surface area contributed by atoms with Crippen LogP contribution in [-0.2, 0) is 26.0 Å². The highest BCUT2D eigenvalue weighted by Gasteiger charge is 2.45. The highest BCUT2D eigenvalue weighted by molar-refractivity contribution is 9.10. The monoisotopic (exact) mass is 1020 g/mol. The maximum atomic E-state index is 14.0. The molecule has 10 rings (SSSR count). The predicted octanol–water partition coefficient (Wildman–Crippen LogP) is 6.23. The minimum Gasteiger partial charge on any atom is -0.494 e. The standard InChI is InChI=1S/C49H53BrN11O7P/c1-57-27-31(25-52-57)34-23-38(54-49-51-26-36(50)44(56-49)53-37-10-7-30(28-5-6-28)21-42(37)69(3,4)67)41(68-2)24-40(34)59-15-13-29(14-16-59)46(64)60-19-17-58(18-20-60)32-8-9-33-35(22-32)48(66)61(47(33)65)39-11-12-43(62)55-45(39)63/h7-10,21-29,39H,5-6,11-20H2,1-4H3,(H,55,62,63)(H2,51,53,54,56)/t39-/m1/s1. The number of benzene rings is 3. The fourth-order valence-electron chi connectivity index (χ4n) is 9.89. The Kier molecular flexibility index (Phi) is 12.3. The first-order valence-electron chi connectivity index (χ1n) is 23.2. The van der Waals surface area contributed by atoms with Gasteiger partial charge in [-0.1, -0.05) is 6.07 Å². The maximum Gasteiger partial charge on any atom is 0.262 e. The lowest BCUT2D eigenvalue weighted by atomic mass is 9.93. The number of methoxy groups -OCH3 is 1. The van der Waals surface area contributed by atoms with Gasteiger partial charge in [-0.2, -0.15) is 10.1 Å². The number of carbonyl (C=O) groups excluding carboxylic acids is 5. The van der Waals surface area contributed by atoms with Gasteiger partial charge in [0.15, 0.2) is 0 Å². The van der Waals surface area contributed by atoms with Crippen LogP contribution in [0.25, 0.3) is 11.1 Å². The molecule has 2 aromatic heterocycles. The summed E-state index contributed by atoms with van der Waals surface area (Å²) in [5.41, 5.74) is 6.61. The molecule has 3 N–H and O–H groups in total. The number of aromatic nitrogens is 4. The molecular weight excluding hydrogens is 965 g/mol. The number of anilines is 6. The van der Waals surface area contributed by atoms with Crippen molar-refractivity contribution in [2.24, 2.45) is 13.0 Å². The molecule has 4 fully saturated rings. The van der Waals surface area contributed by atoms with Crippen molar-refractivity contribution < 1.29 is 33.3 Å². The van der Waals surface area contributed by atoms with E-state index in [4.69, 9.17) is 9.72 Å². The molecule has 20 heteroatoms. The molecule has 358 valence electrons. The largest absolute Gasteiger partial charge is 0.494 e. The van der Waals surface area contributed by atoms with E-state index in [1.807, 2.05) is 42.5 Å². The highest BCUT2D eigenvalue weighted by Crippen LogP contribution is 2.45. The Morgan fingerprint density at radius 1 is 0.826 bits per heavy atom. The van der Waals surface area contributed by atoms with E-state index in [-0.39, 0.29) is 35.8 Å². The molecule has 18 nitrogen and oxygen atoms in total. The smallest absolute Gasteiger partial charge is 0.262 e. The number of hydrogen-bond donors (Lipinski definition) is 3. The molecule has 1 atom stereocenters. The van der Waals surface area contributed by atoms with Gasteiger partial charge in [-0.15, -0.1) is 0 Å². The zero-order valence-corrected chi connectivity index (χ0v) is 41.3. The molecule has 5 aliphatic rings. The first-order chi connectivity index (χ1) is 33.1. The average Bonchev–Trinajstić information content (AvgIpc) is 4.06. The highest BCUT2D eigenvalue weighted by atomic mass is 79.9. The quantitative estimate of drug-likeness (QED) is 0.0938. The average molecular weight is 1020 g/mol. The maximum absolute atomic E-state index is 14.0. The second kappa shape index (κ2) is 18.4. The molecular formula is C49H53BrN11O7P. The molecule has 4 aliphatic heterocycles. The van der Waals surface area contributed by atoms with Crippen LogP contribution in [0.15, 0.2) is 71.6 Å². The number of ether oxygens (including phenoxy) is 1. The lowest BCUT2D eigenvalue weighted by molar-refractivity contribution is -0.137. The van der Waals surface area contributed by atoms with Crippen LogP contribution in [0.4, 0.5) is 34.5 Å². The van der Waals surface area contributed by atoms with E-state index in [9.17, 15) is 28.5 Å². The summed E-state index contributed by atoms with van der Waals surface area (Å²) in [6, 6.07) is 14.3. The fraction of sp³-hybridized carbons (Fsp3) is 0.388. The first-order valence-corrected chi connectivity index (χ1v) is 26.6. The number of amides is 5. The number of aryl methyl sites for hydroxylation is 1. The van der Waals surface area contributed by atoms with Crippen molar-refractivity contribution >= 4 is 92.4 Å². The van der Waals surface area contributed by atoms with Crippen LogP contribution in [0.5, 0.6) is 5.75 Å². The summed E-state index contributed by atoms with van der Waals surface area (Å²) in [6.07, 6.45) is 9.25. The number of rotatable bonds is 12. The zero-order chi connectivity index (χ0) is 48.3. The van der Waals surface area contributed by atoms with E-state index in [1.165, 1.54) is 5.56 Å². The number of carbonyl (C=O) groups is 5. The van der Waals surface area contributed by atoms with Crippen molar-refractivity contribution in [2.45, 2.75) is 50.5 Å². The van der Waals surface area contributed by atoms with Gasteiger partial charge in [0, 0.05) is 105 Å². The summed E-state index contributed by atoms with van der Waals surface area (Å²) in [5.74, 6) is -0.219. The zero-order valence-electron chi connectivity index (χ0n) is 38.8. The summed E-state index contributed by atoms with van der Waals surface area (Å²) < 4.78 is 21.9. The molecule has 1 aliphatic carbocycles. The number of nitrogens with zero attached hydrogens (tertiary/aromatic N) is 8. The Balaban J connectivity index is 0.804. The summed E-state index contributed by atoms with van der Waals surface area (Å²) in [4.78, 5) is 81.7. The van der Waals surface area contributed by atoms with Crippen molar-refractivity contribution in [1.82, 2.24) is 34.9 Å². The normalized spacial score (nSPS) is 18.9. The molecule has 0 spiro atoms. The van der Waals surface area contributed by atoms with E-state index in [0.29, 0.717) is 85.7 Å². The molecule has 3 saturated heterocycles. The van der Waals surface area contributed by atoms with Gasteiger partial charge < -0.3 is 34.6 Å². The summed E-state index contributed by atoms with van der Waals surface area (Å²) in [6.45, 7) is 6.99. The second-order valence-corrected chi connectivity index (χ2v) is 22.8. The van der Waals surface area contributed by atoms with Crippen molar-refractivity contribution in [3.8, 4) is 16.9 Å². The third-order valence-corrected chi connectivity index (χ3v) is 15.9. The summed E-state index contributed by atoms with van der Waals surface area (Å²) in [5, 5.41) is 14.3. The van der Waals surface area contributed by atoms with Crippen molar-refractivity contribution in [2.75, 3.05) is 80.1 Å². The van der Waals surface area contributed by atoms with Crippen molar-refractivity contribution in [3.05, 3.63) is 88.3 Å². The van der Waals surface area contributed by atoms with Gasteiger partial charge in [-0.05, 0) is 109 Å². The van der Waals surface area contributed by atoms with Crippen molar-refractivity contribution in [1.29, 1.82) is 0 Å². The number of piperidine rings is 2. The van der Waals surface area contributed by atoms with Crippen LogP contribution in [0.1, 0.15) is 70.7 Å². The first kappa shape index (κ1) is 46.2. The Labute approximate surface area is 407 Å². The lowest BCUT2D eigenvalue weighted by Crippen LogP contribution is -2.54. The molecule has 0 radical (unpaired) electrons. The van der Waals surface area contributed by atoms with Gasteiger partial charge in [-0.25, -0.2) is 4.98 Å². The minimum absolute atomic E-state index is 0.0559. The predicted molar refractivity (Wildman–Crippen MR) is 266 cm³/mol. The van der Waals surface area contributed by atoms with Crippen LogP contribution < -0.4 is 35.8 Å². The Morgan fingerprint density at radius 2 is 1.58 bits per heavy atom. The molecule has 3 aromatic carbocycles. The Bertz CT molecular complexity index is 2970. The van der Waals surface area contributed by atoms with Gasteiger partial charge >= 0.3 is 0 Å². The van der Waals surface area contributed by atoms with Gasteiger partial charge in [0.25, 0.3) is 11.8 Å². The molecule has 5 aromatic rings. The molecule has 69 heavy (non-hydrogen) atoms. The lowest BCUT2D eigenvalue weighted by Gasteiger charge is -2.40. The summed E-state index contributed by atoms with van der Waals surface area (Å²) >= 11 is 3.61. The number of piperazine rings is 1. The summed E-state index contributed by atoms with van der Waals surface area (Å²) in [7, 11) is 0.872. The topological polar surface area (TPSA) is 204 Å². The molecule has 0 bridgehead atoms. The molecule has 1 saturated carbocycles. The third-order valence-electron chi connectivity index (χ3n) is 13.8. The van der Waals surface area contributed by atoms with Crippen LogP contribution >= 0.6 is 23.1 Å². The van der Waals surface area contributed by atoms with E-state index < -0.39 is 36.8 Å². The van der Waals surface area contributed by atoms with E-state index in [1.54, 1.807) is 49.5 Å². The fourth-order valence-corrected chi connectivity index (χ4v) is 11.3. The second-order valence-electron chi connectivity index (χ2n) is 18.8. The van der Waals surface area contributed by atoms with E-state index in [2.05, 4.69) is 63.9 Å². The Hall–Kier alpha value is -6.59. The van der Waals surface area contributed by atoms with Gasteiger partial charge in [0.05, 0.1) is 40.3 Å². The Morgan fingerprint density at radius 3 is 2.26 bits per heavy atom. The number of imide groups is 2. The van der Waals surface area contributed by atoms with Crippen LogP contribution in [0, 0.1) is 5.92 Å². The number of halogens is 1. The number of fused-ring (bicyclic) bond motifs is 1. The minimum atomic E-state index is -2.63. The van der Waals surface area contributed by atoms with E-state index in [0.717, 1.165) is 51.2 Å². The van der Waals surface area contributed by atoms with Crippen LogP contribution in [0.2, 0.25) is 0 Å². The van der Waals surface area contributed by atoms with Gasteiger partial charge in [-0.3, -0.25) is 38.9 Å².